The lowest BCUT2D eigenvalue weighted by molar-refractivity contribution is 0.0395. The normalized spacial score (nSPS) is 11.5. The molecule has 0 aliphatic heterocycles. The van der Waals surface area contributed by atoms with Crippen molar-refractivity contribution in [2.75, 3.05) is 26.4 Å². The van der Waals surface area contributed by atoms with E-state index in [1.165, 1.54) is 231 Å². The van der Waals surface area contributed by atoms with E-state index in [4.69, 9.17) is 18.9 Å². The Morgan fingerprint density at radius 1 is 0.329 bits per heavy atom. The number of aliphatic imine (C=N–C) groups is 2. The number of phenols is 2. The van der Waals surface area contributed by atoms with E-state index in [0.717, 1.165) is 25.7 Å². The summed E-state index contributed by atoms with van der Waals surface area (Å²) in [6, 6.07) is 23.9. The Hall–Kier alpha value is -5.64. The van der Waals surface area contributed by atoms with Crippen LogP contribution in [0.4, 0.5) is 11.4 Å². The third-order valence-electron chi connectivity index (χ3n) is 16.2. The predicted molar refractivity (Wildman–Crippen MR) is 356 cm³/mol. The number of benzene rings is 4. The van der Waals surface area contributed by atoms with Gasteiger partial charge in [0, 0.05) is 42.1 Å². The van der Waals surface area contributed by atoms with Crippen LogP contribution in [0.2, 0.25) is 0 Å². The maximum absolute atomic E-state index is 12.7. The molecule has 10 nitrogen and oxygen atoms in total. The smallest absolute Gasteiger partial charge is 0.338 e. The average molecular weight is 1170 g/mol. The summed E-state index contributed by atoms with van der Waals surface area (Å²) in [5, 5.41) is 21.3. The lowest BCUT2D eigenvalue weighted by atomic mass is 10.0. The molecule has 0 saturated carbocycles. The van der Waals surface area contributed by atoms with Crippen molar-refractivity contribution in [3.63, 3.8) is 0 Å². The van der Waals surface area contributed by atoms with Crippen LogP contribution >= 0.6 is 0 Å². The predicted octanol–water partition coefficient (Wildman–Crippen LogP) is 22.4. The van der Waals surface area contributed by atoms with E-state index in [9.17, 15) is 19.8 Å². The van der Waals surface area contributed by atoms with Crippen molar-refractivity contribution in [1.29, 1.82) is 0 Å². The summed E-state index contributed by atoms with van der Waals surface area (Å²) in [7, 11) is 0. The molecule has 0 aliphatic carbocycles. The van der Waals surface area contributed by atoms with Gasteiger partial charge in [-0.25, -0.2) is 9.59 Å². The van der Waals surface area contributed by atoms with Crippen LogP contribution in [0.3, 0.4) is 0 Å². The minimum absolute atomic E-state index is 0.0812. The number of carbonyl (C=O) groups excluding carboxylic acids is 2. The number of ether oxygens (including phenoxy) is 4. The first-order chi connectivity index (χ1) is 41.9. The zero-order valence-corrected chi connectivity index (χ0v) is 53.3. The second-order valence-corrected chi connectivity index (χ2v) is 23.8. The van der Waals surface area contributed by atoms with E-state index < -0.39 is 11.9 Å². The number of carbonyl (C=O) groups is 2. The van der Waals surface area contributed by atoms with E-state index in [1.807, 2.05) is 12.1 Å². The molecular formula is C75H114N2O8. The third-order valence-corrected chi connectivity index (χ3v) is 16.2. The van der Waals surface area contributed by atoms with E-state index in [-0.39, 0.29) is 24.7 Å². The first-order valence-electron chi connectivity index (χ1n) is 34.4. The number of hydrogen-bond donors (Lipinski definition) is 2. The molecule has 0 aromatic heterocycles. The fraction of sp³-hybridized carbons (Fsp3) is 0.627. The molecule has 4 aromatic carbocycles. The van der Waals surface area contributed by atoms with Gasteiger partial charge < -0.3 is 29.2 Å². The van der Waals surface area contributed by atoms with Crippen molar-refractivity contribution in [1.82, 2.24) is 0 Å². The van der Waals surface area contributed by atoms with Crippen molar-refractivity contribution in [2.45, 2.75) is 277 Å². The van der Waals surface area contributed by atoms with Crippen LogP contribution in [0.25, 0.3) is 0 Å². The fourth-order valence-electron chi connectivity index (χ4n) is 10.8. The van der Waals surface area contributed by atoms with Gasteiger partial charge in [-0.05, 0) is 85.6 Å². The quantitative estimate of drug-likeness (QED) is 0.0253. The van der Waals surface area contributed by atoms with Crippen molar-refractivity contribution in [3.05, 3.63) is 107 Å². The Balaban J connectivity index is 0.958. The highest BCUT2D eigenvalue weighted by atomic mass is 16.5. The molecule has 0 amide bonds. The number of esters is 2. The first kappa shape index (κ1) is 71.8. The van der Waals surface area contributed by atoms with Crippen LogP contribution in [-0.2, 0) is 9.47 Å². The van der Waals surface area contributed by atoms with Gasteiger partial charge in [0.05, 0.1) is 48.9 Å². The number of phenolic OH excluding ortho intramolecular Hbond substituents is 2. The topological polar surface area (TPSA) is 136 Å². The number of rotatable bonds is 54. The number of hydrogen-bond acceptors (Lipinski definition) is 10. The van der Waals surface area contributed by atoms with Gasteiger partial charge in [-0.3, -0.25) is 9.98 Å². The summed E-state index contributed by atoms with van der Waals surface area (Å²) in [6.45, 7) is 5.99. The first-order valence-corrected chi connectivity index (χ1v) is 34.4. The lowest BCUT2D eigenvalue weighted by Gasteiger charge is -2.08. The largest absolute Gasteiger partial charge is 0.507 e. The summed E-state index contributed by atoms with van der Waals surface area (Å²) in [4.78, 5) is 34.3. The molecule has 0 radical (unpaired) electrons. The molecule has 0 bridgehead atoms. The molecule has 2 N–H and O–H groups in total. The van der Waals surface area contributed by atoms with Gasteiger partial charge in [0.1, 0.15) is 23.0 Å². The Labute approximate surface area is 515 Å². The maximum Gasteiger partial charge on any atom is 0.338 e. The molecule has 0 unspecified atom stereocenters. The molecule has 0 heterocycles. The van der Waals surface area contributed by atoms with E-state index in [1.54, 1.807) is 85.2 Å². The average Bonchev–Trinajstić information content (AvgIpc) is 3.61. The monoisotopic (exact) mass is 1170 g/mol. The van der Waals surface area contributed by atoms with Crippen LogP contribution in [0.15, 0.2) is 94.9 Å². The molecule has 85 heavy (non-hydrogen) atoms. The SMILES string of the molecule is CCCCCCCCCCCCCCCCCCCCCCOc1ccc(C=Nc2ccc(C(=O)OCCCOC(=O)c3ccc(N=Cc4ccc(OCCCCCCCCCCCCCCCCCCCCCC)cc4O)cc3)cc2)c(O)c1. The zero-order valence-electron chi connectivity index (χ0n) is 53.3. The van der Waals surface area contributed by atoms with Crippen LogP contribution in [0.5, 0.6) is 23.0 Å². The van der Waals surface area contributed by atoms with Gasteiger partial charge in [0.2, 0.25) is 0 Å². The fourth-order valence-corrected chi connectivity index (χ4v) is 10.8. The second kappa shape index (κ2) is 49.5. The number of nitrogens with zero attached hydrogens (tertiary/aromatic N) is 2. The second-order valence-electron chi connectivity index (χ2n) is 23.8. The van der Waals surface area contributed by atoms with Crippen LogP contribution in [-0.4, -0.2) is 61.0 Å². The summed E-state index contributed by atoms with van der Waals surface area (Å²) in [5.74, 6) is 0.472. The standard InChI is InChI=1S/C75H114N2O8/c1-3-5-7-9-11-13-15-17-19-21-23-25-27-29-31-33-35-37-39-41-56-82-70-54-48-66(72(78)60-70)62-76-68-50-44-64(45-51-68)74(80)84-58-43-59-85-75(81)65-46-52-69(53-47-65)77-63-67-49-55-71(61-73(67)79)83-57-42-40-38-36-34-32-30-28-26-24-22-20-18-16-14-12-10-8-6-4-2/h44-55,60-63,78-79H,3-43,56-59H2,1-2H3. The Morgan fingerprint density at radius 3 is 0.847 bits per heavy atom. The van der Waals surface area contributed by atoms with Gasteiger partial charge >= 0.3 is 11.9 Å². The van der Waals surface area contributed by atoms with Gasteiger partial charge in [-0.1, -0.05) is 258 Å². The highest BCUT2D eigenvalue weighted by Gasteiger charge is 2.11. The third kappa shape index (κ3) is 36.2. The zero-order chi connectivity index (χ0) is 60.3. The summed E-state index contributed by atoms with van der Waals surface area (Å²) >= 11 is 0. The molecule has 4 aromatic rings. The van der Waals surface area contributed by atoms with E-state index in [2.05, 4.69) is 23.8 Å². The van der Waals surface area contributed by atoms with Crippen molar-refractivity contribution in [3.8, 4) is 23.0 Å². The Bertz CT molecular complexity index is 2180. The van der Waals surface area contributed by atoms with E-state index in [0.29, 0.717) is 64.8 Å². The molecule has 4 rings (SSSR count). The van der Waals surface area contributed by atoms with Crippen molar-refractivity contribution in [2.24, 2.45) is 9.98 Å². The summed E-state index contributed by atoms with van der Waals surface area (Å²) < 4.78 is 22.7. The number of aromatic hydroxyl groups is 2. The number of unbranched alkanes of at least 4 members (excludes halogenated alkanes) is 38. The van der Waals surface area contributed by atoms with Gasteiger partial charge in [0.25, 0.3) is 0 Å². The molecular weight excluding hydrogens is 1060 g/mol. The summed E-state index contributed by atoms with van der Waals surface area (Å²) in [6.07, 6.45) is 57.8. The van der Waals surface area contributed by atoms with Gasteiger partial charge in [-0.15, -0.1) is 0 Å². The minimum Gasteiger partial charge on any atom is -0.507 e. The van der Waals surface area contributed by atoms with E-state index >= 15 is 0 Å². The molecule has 0 aliphatic rings. The molecule has 0 atom stereocenters. The maximum atomic E-state index is 12.7. The molecule has 0 fully saturated rings. The highest BCUT2D eigenvalue weighted by Crippen LogP contribution is 2.27. The summed E-state index contributed by atoms with van der Waals surface area (Å²) in [5.41, 5.74) is 3.10. The lowest BCUT2D eigenvalue weighted by Crippen LogP contribution is -2.11. The van der Waals surface area contributed by atoms with Crippen LogP contribution < -0.4 is 9.47 Å². The minimum atomic E-state index is -0.490. The highest BCUT2D eigenvalue weighted by molar-refractivity contribution is 5.91. The van der Waals surface area contributed by atoms with Crippen LogP contribution in [0, 0.1) is 0 Å². The Kier molecular flexibility index (Phi) is 41.8. The van der Waals surface area contributed by atoms with Crippen LogP contribution in [0.1, 0.15) is 309 Å². The Morgan fingerprint density at radius 2 is 0.588 bits per heavy atom. The van der Waals surface area contributed by atoms with Crippen molar-refractivity contribution < 1.29 is 38.7 Å². The van der Waals surface area contributed by atoms with Gasteiger partial charge in [-0.2, -0.15) is 0 Å². The molecule has 0 saturated heterocycles. The van der Waals surface area contributed by atoms with Crippen molar-refractivity contribution >= 4 is 35.7 Å². The molecule has 10 heteroatoms. The molecule has 472 valence electrons. The molecule has 0 spiro atoms. The van der Waals surface area contributed by atoms with Gasteiger partial charge in [0.15, 0.2) is 0 Å².